The van der Waals surface area contributed by atoms with Gasteiger partial charge in [0.25, 0.3) is 0 Å². The van der Waals surface area contributed by atoms with E-state index in [9.17, 15) is 0 Å². The lowest BCUT2D eigenvalue weighted by Gasteiger charge is -2.15. The molecular weight excluding hydrogens is 202 g/mol. The van der Waals surface area contributed by atoms with Gasteiger partial charge in [0, 0.05) is 31.4 Å². The number of rotatable bonds is 5. The summed E-state index contributed by atoms with van der Waals surface area (Å²) in [7, 11) is 0. The highest BCUT2D eigenvalue weighted by Gasteiger charge is 2.20. The third-order valence-corrected chi connectivity index (χ3v) is 3.06. The van der Waals surface area contributed by atoms with E-state index in [2.05, 4.69) is 9.97 Å². The highest BCUT2D eigenvalue weighted by atomic mass is 16.5. The molecule has 2 rings (SSSR count). The van der Waals surface area contributed by atoms with Crippen LogP contribution in [-0.4, -0.2) is 23.2 Å². The second kappa shape index (κ2) is 5.46. The van der Waals surface area contributed by atoms with Gasteiger partial charge in [-0.2, -0.15) is 0 Å². The van der Waals surface area contributed by atoms with Crippen LogP contribution in [0.3, 0.4) is 0 Å². The molecule has 0 amide bonds. The Hall–Kier alpha value is -0.870. The second-order valence-corrected chi connectivity index (χ2v) is 4.35. The number of aromatic amines is 1. The molecule has 1 aromatic heterocycles. The number of hydrogen-bond acceptors (Lipinski definition) is 3. The molecule has 3 N–H and O–H groups in total. The molecule has 1 aromatic rings. The van der Waals surface area contributed by atoms with E-state index in [1.807, 2.05) is 6.92 Å². The Kier molecular flexibility index (Phi) is 3.96. The van der Waals surface area contributed by atoms with Crippen LogP contribution < -0.4 is 5.73 Å². The molecule has 1 heterocycles. The van der Waals surface area contributed by atoms with E-state index in [1.165, 1.54) is 12.1 Å². The fraction of sp³-hybridized carbons (Fsp3) is 0.750. The van der Waals surface area contributed by atoms with Crippen LogP contribution in [0, 0.1) is 0 Å². The van der Waals surface area contributed by atoms with Crippen LogP contribution in [0.25, 0.3) is 0 Å². The maximum Gasteiger partial charge on any atom is 0.106 e. The number of nitrogens with two attached hydrogens (primary N) is 1. The van der Waals surface area contributed by atoms with Crippen LogP contribution in [0.5, 0.6) is 0 Å². The molecule has 16 heavy (non-hydrogen) atoms. The normalized spacial score (nSPS) is 19.8. The van der Waals surface area contributed by atoms with Crippen molar-refractivity contribution in [3.8, 4) is 0 Å². The molecule has 4 heteroatoms. The molecule has 1 aliphatic carbocycles. The van der Waals surface area contributed by atoms with E-state index in [0.29, 0.717) is 0 Å². The van der Waals surface area contributed by atoms with E-state index in [4.69, 9.17) is 10.5 Å². The van der Waals surface area contributed by atoms with E-state index >= 15 is 0 Å². The van der Waals surface area contributed by atoms with E-state index in [0.717, 1.165) is 50.4 Å². The number of nitrogens with one attached hydrogen (secondary N) is 1. The van der Waals surface area contributed by atoms with Crippen molar-refractivity contribution in [3.05, 3.63) is 17.2 Å². The predicted molar refractivity (Wildman–Crippen MR) is 63.3 cm³/mol. The Bertz CT molecular complexity index is 335. The molecule has 0 saturated heterocycles. The molecule has 0 saturated carbocycles. The average molecular weight is 223 g/mol. The lowest BCUT2D eigenvalue weighted by molar-refractivity contribution is 0.145. The van der Waals surface area contributed by atoms with Gasteiger partial charge >= 0.3 is 0 Å². The standard InChI is InChI=1S/C12H21N3O/c1-2-16-8-4-7-11-14-10-6-3-5-9(13)12(10)15-11/h9H,2-8,13H2,1H3,(H,14,15). The minimum Gasteiger partial charge on any atom is -0.382 e. The van der Waals surface area contributed by atoms with Crippen LogP contribution in [0.1, 0.15) is 49.4 Å². The third-order valence-electron chi connectivity index (χ3n) is 3.06. The molecule has 4 nitrogen and oxygen atoms in total. The van der Waals surface area contributed by atoms with Crippen molar-refractivity contribution in [1.82, 2.24) is 9.97 Å². The molecular formula is C12H21N3O. The van der Waals surface area contributed by atoms with Crippen molar-refractivity contribution >= 4 is 0 Å². The molecule has 0 bridgehead atoms. The summed E-state index contributed by atoms with van der Waals surface area (Å²) in [5.41, 5.74) is 8.38. The SMILES string of the molecule is CCOCCCc1nc2c([nH]1)CCCC2N. The number of imidazole rings is 1. The second-order valence-electron chi connectivity index (χ2n) is 4.35. The number of H-pyrrole nitrogens is 1. The van der Waals surface area contributed by atoms with Gasteiger partial charge in [0.2, 0.25) is 0 Å². The van der Waals surface area contributed by atoms with Crippen molar-refractivity contribution < 1.29 is 4.74 Å². The Morgan fingerprint density at radius 2 is 2.44 bits per heavy atom. The topological polar surface area (TPSA) is 63.9 Å². The number of hydrogen-bond donors (Lipinski definition) is 2. The first-order chi connectivity index (χ1) is 7.81. The smallest absolute Gasteiger partial charge is 0.106 e. The van der Waals surface area contributed by atoms with Gasteiger partial charge in [-0.05, 0) is 32.6 Å². The zero-order valence-corrected chi connectivity index (χ0v) is 9.96. The number of aromatic nitrogens is 2. The fourth-order valence-corrected chi connectivity index (χ4v) is 2.22. The van der Waals surface area contributed by atoms with Crippen molar-refractivity contribution in [3.63, 3.8) is 0 Å². The number of ether oxygens (including phenoxy) is 1. The van der Waals surface area contributed by atoms with Crippen molar-refractivity contribution in [2.45, 2.75) is 45.1 Å². The number of nitrogens with zero attached hydrogens (tertiary/aromatic N) is 1. The Morgan fingerprint density at radius 3 is 3.19 bits per heavy atom. The first kappa shape index (κ1) is 11.6. The summed E-state index contributed by atoms with van der Waals surface area (Å²) in [4.78, 5) is 7.99. The third kappa shape index (κ3) is 2.62. The Balaban J connectivity index is 1.91. The Labute approximate surface area is 96.6 Å². The van der Waals surface area contributed by atoms with Crippen LogP contribution in [0.4, 0.5) is 0 Å². The average Bonchev–Trinajstić information content (AvgIpc) is 2.69. The highest BCUT2D eigenvalue weighted by Crippen LogP contribution is 2.25. The molecule has 1 unspecified atom stereocenters. The first-order valence-corrected chi connectivity index (χ1v) is 6.22. The lowest BCUT2D eigenvalue weighted by Crippen LogP contribution is -2.17. The molecule has 1 aliphatic rings. The maximum absolute atomic E-state index is 6.03. The van der Waals surface area contributed by atoms with Crippen LogP contribution in [0.15, 0.2) is 0 Å². The van der Waals surface area contributed by atoms with Crippen LogP contribution in [0.2, 0.25) is 0 Å². The monoisotopic (exact) mass is 223 g/mol. The van der Waals surface area contributed by atoms with Gasteiger partial charge in [-0.1, -0.05) is 0 Å². The quantitative estimate of drug-likeness (QED) is 0.747. The molecule has 0 aromatic carbocycles. The van der Waals surface area contributed by atoms with Gasteiger partial charge in [-0.25, -0.2) is 4.98 Å². The fourth-order valence-electron chi connectivity index (χ4n) is 2.22. The van der Waals surface area contributed by atoms with Gasteiger partial charge in [0.1, 0.15) is 5.82 Å². The summed E-state index contributed by atoms with van der Waals surface area (Å²) in [6.07, 6.45) is 5.32. The molecule has 0 spiro atoms. The predicted octanol–water partition coefficient (Wildman–Crippen LogP) is 1.71. The lowest BCUT2D eigenvalue weighted by atomic mass is 9.97. The van der Waals surface area contributed by atoms with E-state index in [-0.39, 0.29) is 6.04 Å². The van der Waals surface area contributed by atoms with Crippen molar-refractivity contribution in [1.29, 1.82) is 0 Å². The van der Waals surface area contributed by atoms with Crippen LogP contribution >= 0.6 is 0 Å². The largest absolute Gasteiger partial charge is 0.382 e. The molecule has 0 radical (unpaired) electrons. The van der Waals surface area contributed by atoms with Crippen molar-refractivity contribution in [2.24, 2.45) is 5.73 Å². The summed E-state index contributed by atoms with van der Waals surface area (Å²) in [5, 5.41) is 0. The Morgan fingerprint density at radius 1 is 1.56 bits per heavy atom. The molecule has 90 valence electrons. The van der Waals surface area contributed by atoms with Crippen LogP contribution in [-0.2, 0) is 17.6 Å². The van der Waals surface area contributed by atoms with Crippen molar-refractivity contribution in [2.75, 3.05) is 13.2 Å². The summed E-state index contributed by atoms with van der Waals surface area (Å²) in [6, 6.07) is 0.139. The maximum atomic E-state index is 6.03. The van der Waals surface area contributed by atoms with Gasteiger partial charge < -0.3 is 15.5 Å². The highest BCUT2D eigenvalue weighted by molar-refractivity contribution is 5.21. The molecule has 0 aliphatic heterocycles. The van der Waals surface area contributed by atoms with Gasteiger partial charge in [0.15, 0.2) is 0 Å². The molecule has 0 fully saturated rings. The van der Waals surface area contributed by atoms with E-state index in [1.54, 1.807) is 0 Å². The van der Waals surface area contributed by atoms with Gasteiger partial charge in [-0.3, -0.25) is 0 Å². The minimum absolute atomic E-state index is 0.139. The number of fused-ring (bicyclic) bond motifs is 1. The molecule has 1 atom stereocenters. The minimum atomic E-state index is 0.139. The summed E-state index contributed by atoms with van der Waals surface area (Å²) in [6.45, 7) is 3.62. The zero-order valence-electron chi connectivity index (χ0n) is 9.96. The number of aryl methyl sites for hydroxylation is 2. The van der Waals surface area contributed by atoms with Gasteiger partial charge in [0.05, 0.1) is 5.69 Å². The van der Waals surface area contributed by atoms with E-state index < -0.39 is 0 Å². The van der Waals surface area contributed by atoms with Gasteiger partial charge in [-0.15, -0.1) is 0 Å². The summed E-state index contributed by atoms with van der Waals surface area (Å²) < 4.78 is 5.31. The first-order valence-electron chi connectivity index (χ1n) is 6.22. The summed E-state index contributed by atoms with van der Waals surface area (Å²) >= 11 is 0. The zero-order chi connectivity index (χ0) is 11.4. The summed E-state index contributed by atoms with van der Waals surface area (Å²) in [5.74, 6) is 1.07.